The number of nitrogens with zero attached hydrogens (tertiary/aromatic N) is 1. The molecule has 0 fully saturated rings. The summed E-state index contributed by atoms with van der Waals surface area (Å²) in [4.78, 5) is 2.32. The van der Waals surface area contributed by atoms with Gasteiger partial charge in [0.05, 0.1) is 6.04 Å². The van der Waals surface area contributed by atoms with Crippen LogP contribution >= 0.6 is 0 Å². The first-order valence-corrected chi connectivity index (χ1v) is 7.79. The zero-order chi connectivity index (χ0) is 15.9. The van der Waals surface area contributed by atoms with E-state index in [0.29, 0.717) is 12.3 Å². The van der Waals surface area contributed by atoms with E-state index in [2.05, 4.69) is 43.9 Å². The van der Waals surface area contributed by atoms with Crippen molar-refractivity contribution >= 4 is 5.69 Å². The van der Waals surface area contributed by atoms with Gasteiger partial charge in [-0.25, -0.2) is 0 Å². The SMILES string of the molecule is CC(C)(C)c1ccc2c(c1)C(CN)N(c1ccc(O)cc1)C2. The van der Waals surface area contributed by atoms with Crippen molar-refractivity contribution in [2.24, 2.45) is 5.73 Å². The quantitative estimate of drug-likeness (QED) is 0.888. The molecule has 3 nitrogen and oxygen atoms in total. The Bertz CT molecular complexity index is 671. The summed E-state index contributed by atoms with van der Waals surface area (Å²) in [6.07, 6.45) is 0. The number of rotatable bonds is 2. The monoisotopic (exact) mass is 296 g/mol. The van der Waals surface area contributed by atoms with Gasteiger partial charge in [0, 0.05) is 18.8 Å². The lowest BCUT2D eigenvalue weighted by Crippen LogP contribution is -2.27. The van der Waals surface area contributed by atoms with E-state index in [1.54, 1.807) is 12.1 Å². The summed E-state index contributed by atoms with van der Waals surface area (Å²) in [6, 6.07) is 14.3. The van der Waals surface area contributed by atoms with Gasteiger partial charge >= 0.3 is 0 Å². The average molecular weight is 296 g/mol. The maximum atomic E-state index is 9.48. The first kappa shape index (κ1) is 14.9. The van der Waals surface area contributed by atoms with Gasteiger partial charge < -0.3 is 15.7 Å². The number of nitrogens with two attached hydrogens (primary N) is 1. The third-order valence-corrected chi connectivity index (χ3v) is 4.49. The fraction of sp³-hybridized carbons (Fsp3) is 0.368. The molecular weight excluding hydrogens is 272 g/mol. The molecule has 0 aromatic heterocycles. The first-order chi connectivity index (χ1) is 10.4. The Balaban J connectivity index is 1.99. The Labute approximate surface area is 132 Å². The van der Waals surface area contributed by atoms with Gasteiger partial charge in [-0.05, 0) is 46.4 Å². The number of hydrogen-bond donors (Lipinski definition) is 2. The molecule has 0 saturated carbocycles. The van der Waals surface area contributed by atoms with Gasteiger partial charge in [-0.15, -0.1) is 0 Å². The maximum Gasteiger partial charge on any atom is 0.115 e. The van der Waals surface area contributed by atoms with Crippen LogP contribution in [0.1, 0.15) is 43.5 Å². The molecule has 1 aliphatic rings. The fourth-order valence-electron chi connectivity index (χ4n) is 3.15. The molecule has 116 valence electrons. The summed E-state index contributed by atoms with van der Waals surface area (Å²) in [5, 5.41) is 9.48. The molecule has 2 aromatic rings. The number of phenols is 1. The van der Waals surface area contributed by atoms with Gasteiger partial charge in [0.2, 0.25) is 0 Å². The van der Waals surface area contributed by atoms with Gasteiger partial charge in [-0.2, -0.15) is 0 Å². The molecule has 1 atom stereocenters. The number of fused-ring (bicyclic) bond motifs is 1. The highest BCUT2D eigenvalue weighted by Crippen LogP contribution is 2.39. The highest BCUT2D eigenvalue weighted by Gasteiger charge is 2.30. The van der Waals surface area contributed by atoms with Crippen molar-refractivity contribution in [2.75, 3.05) is 11.4 Å². The molecule has 2 aromatic carbocycles. The number of benzene rings is 2. The maximum absolute atomic E-state index is 9.48. The third-order valence-electron chi connectivity index (χ3n) is 4.49. The normalized spacial score (nSPS) is 17.6. The highest BCUT2D eigenvalue weighted by atomic mass is 16.3. The van der Waals surface area contributed by atoms with Crippen molar-refractivity contribution in [1.82, 2.24) is 0 Å². The molecule has 3 heteroatoms. The summed E-state index contributed by atoms with van der Waals surface area (Å²) < 4.78 is 0. The molecule has 1 aliphatic heterocycles. The van der Waals surface area contributed by atoms with Crippen LogP contribution in [0, 0.1) is 0 Å². The van der Waals surface area contributed by atoms with E-state index in [1.165, 1.54) is 16.7 Å². The molecule has 0 spiro atoms. The van der Waals surface area contributed by atoms with Crippen molar-refractivity contribution in [2.45, 2.75) is 38.8 Å². The Morgan fingerprint density at radius 2 is 1.82 bits per heavy atom. The standard InChI is InChI=1S/C19H24N2O/c1-19(2,3)14-5-4-13-12-21(18(11-20)17(13)10-14)15-6-8-16(22)9-7-15/h4-10,18,22H,11-12,20H2,1-3H3. The Morgan fingerprint density at radius 3 is 2.41 bits per heavy atom. The molecule has 22 heavy (non-hydrogen) atoms. The van der Waals surface area contributed by atoms with E-state index in [9.17, 15) is 5.11 Å². The molecule has 0 radical (unpaired) electrons. The second-order valence-corrected chi connectivity index (χ2v) is 7.06. The molecular formula is C19H24N2O. The van der Waals surface area contributed by atoms with Crippen LogP contribution in [-0.4, -0.2) is 11.7 Å². The number of aromatic hydroxyl groups is 1. The molecule has 0 aliphatic carbocycles. The van der Waals surface area contributed by atoms with Crippen LogP contribution < -0.4 is 10.6 Å². The summed E-state index contributed by atoms with van der Waals surface area (Å²) >= 11 is 0. The summed E-state index contributed by atoms with van der Waals surface area (Å²) in [7, 11) is 0. The van der Waals surface area contributed by atoms with Gasteiger partial charge in [-0.3, -0.25) is 0 Å². The summed E-state index contributed by atoms with van der Waals surface area (Å²) in [5.41, 5.74) is 11.3. The lowest BCUT2D eigenvalue weighted by molar-refractivity contribution is 0.475. The number of anilines is 1. The van der Waals surface area contributed by atoms with Crippen molar-refractivity contribution in [3.8, 4) is 5.75 Å². The van der Waals surface area contributed by atoms with E-state index in [0.717, 1.165) is 12.2 Å². The minimum Gasteiger partial charge on any atom is -0.508 e. The first-order valence-electron chi connectivity index (χ1n) is 7.79. The third kappa shape index (κ3) is 2.57. The second-order valence-electron chi connectivity index (χ2n) is 7.06. The predicted molar refractivity (Wildman–Crippen MR) is 91.2 cm³/mol. The van der Waals surface area contributed by atoms with Crippen LogP contribution in [0.2, 0.25) is 0 Å². The van der Waals surface area contributed by atoms with Crippen LogP contribution in [0.5, 0.6) is 5.75 Å². The van der Waals surface area contributed by atoms with Crippen LogP contribution in [-0.2, 0) is 12.0 Å². The zero-order valence-corrected chi connectivity index (χ0v) is 13.5. The molecule has 3 N–H and O–H groups in total. The molecule has 0 saturated heterocycles. The van der Waals surface area contributed by atoms with E-state index >= 15 is 0 Å². The van der Waals surface area contributed by atoms with Gasteiger partial charge in [-0.1, -0.05) is 39.0 Å². The minimum atomic E-state index is 0.139. The van der Waals surface area contributed by atoms with Crippen LogP contribution in [0.3, 0.4) is 0 Å². The minimum absolute atomic E-state index is 0.139. The molecule has 0 amide bonds. The van der Waals surface area contributed by atoms with Gasteiger partial charge in [0.25, 0.3) is 0 Å². The topological polar surface area (TPSA) is 49.5 Å². The van der Waals surface area contributed by atoms with E-state index in [1.807, 2.05) is 12.1 Å². The fourth-order valence-corrected chi connectivity index (χ4v) is 3.15. The highest BCUT2D eigenvalue weighted by molar-refractivity contribution is 5.56. The Morgan fingerprint density at radius 1 is 1.14 bits per heavy atom. The smallest absolute Gasteiger partial charge is 0.115 e. The largest absolute Gasteiger partial charge is 0.508 e. The van der Waals surface area contributed by atoms with Gasteiger partial charge in [0.15, 0.2) is 0 Å². The zero-order valence-electron chi connectivity index (χ0n) is 13.5. The van der Waals surface area contributed by atoms with Crippen molar-refractivity contribution in [3.63, 3.8) is 0 Å². The Hall–Kier alpha value is -2.00. The summed E-state index contributed by atoms with van der Waals surface area (Å²) in [6.45, 7) is 8.16. The predicted octanol–water partition coefficient (Wildman–Crippen LogP) is 3.71. The Kier molecular flexibility index (Phi) is 3.61. The van der Waals surface area contributed by atoms with E-state index in [-0.39, 0.29) is 11.5 Å². The molecule has 3 rings (SSSR count). The molecule has 1 heterocycles. The van der Waals surface area contributed by atoms with Crippen LogP contribution in [0.15, 0.2) is 42.5 Å². The van der Waals surface area contributed by atoms with Crippen molar-refractivity contribution in [3.05, 3.63) is 59.2 Å². The second kappa shape index (κ2) is 5.33. The molecule has 0 bridgehead atoms. The summed E-state index contributed by atoms with van der Waals surface area (Å²) in [5.74, 6) is 0.291. The van der Waals surface area contributed by atoms with Crippen LogP contribution in [0.4, 0.5) is 5.69 Å². The number of phenolic OH excluding ortho intramolecular Hbond substituents is 1. The lowest BCUT2D eigenvalue weighted by Gasteiger charge is -2.27. The van der Waals surface area contributed by atoms with Crippen LogP contribution in [0.25, 0.3) is 0 Å². The van der Waals surface area contributed by atoms with E-state index in [4.69, 9.17) is 5.73 Å². The average Bonchev–Trinajstić information content (AvgIpc) is 2.84. The van der Waals surface area contributed by atoms with Crippen molar-refractivity contribution in [1.29, 1.82) is 0 Å². The van der Waals surface area contributed by atoms with E-state index < -0.39 is 0 Å². The number of hydrogen-bond acceptors (Lipinski definition) is 3. The molecule has 1 unspecified atom stereocenters. The van der Waals surface area contributed by atoms with Crippen molar-refractivity contribution < 1.29 is 5.11 Å². The lowest BCUT2D eigenvalue weighted by atomic mass is 9.85. The van der Waals surface area contributed by atoms with Gasteiger partial charge in [0.1, 0.15) is 5.75 Å².